The zero-order valence-corrected chi connectivity index (χ0v) is 10.8. The van der Waals surface area contributed by atoms with Crippen molar-refractivity contribution in [3.63, 3.8) is 0 Å². The minimum Gasteiger partial charge on any atom is -0.508 e. The first-order valence-corrected chi connectivity index (χ1v) is 6.69. The first-order chi connectivity index (χ1) is 9.81. The number of benzene rings is 1. The van der Waals surface area contributed by atoms with E-state index in [1.54, 1.807) is 18.3 Å². The number of hydrogen-bond acceptors (Lipinski definition) is 4. The van der Waals surface area contributed by atoms with Gasteiger partial charge in [0.15, 0.2) is 11.5 Å². The highest BCUT2D eigenvalue weighted by molar-refractivity contribution is 5.71. The van der Waals surface area contributed by atoms with Gasteiger partial charge < -0.3 is 10.4 Å². The molecule has 2 aromatic heterocycles. The van der Waals surface area contributed by atoms with Crippen molar-refractivity contribution in [2.75, 3.05) is 5.32 Å². The number of anilines is 1. The van der Waals surface area contributed by atoms with Crippen LogP contribution in [0.1, 0.15) is 12.8 Å². The summed E-state index contributed by atoms with van der Waals surface area (Å²) in [6, 6.07) is 7.72. The number of rotatable bonds is 3. The van der Waals surface area contributed by atoms with E-state index in [1.165, 1.54) is 12.8 Å². The third-order valence-corrected chi connectivity index (χ3v) is 3.49. The number of phenols is 1. The third-order valence-electron chi connectivity index (χ3n) is 3.49. The van der Waals surface area contributed by atoms with Gasteiger partial charge in [-0.25, -0.2) is 9.97 Å². The lowest BCUT2D eigenvalue weighted by Crippen LogP contribution is -2.05. The van der Waals surface area contributed by atoms with Crippen LogP contribution in [0.5, 0.6) is 5.75 Å². The summed E-state index contributed by atoms with van der Waals surface area (Å²) in [7, 11) is 0. The van der Waals surface area contributed by atoms with E-state index >= 15 is 0 Å². The summed E-state index contributed by atoms with van der Waals surface area (Å²) in [6.07, 6.45) is 7.86. The molecule has 0 aliphatic heterocycles. The van der Waals surface area contributed by atoms with Crippen LogP contribution >= 0.6 is 0 Å². The van der Waals surface area contributed by atoms with E-state index < -0.39 is 0 Å². The number of phenolic OH excluding ortho intramolecular Hbond substituents is 1. The van der Waals surface area contributed by atoms with Crippen LogP contribution in [0.25, 0.3) is 16.9 Å². The number of aromatic hydroxyl groups is 1. The van der Waals surface area contributed by atoms with Crippen molar-refractivity contribution in [2.45, 2.75) is 18.9 Å². The first kappa shape index (κ1) is 11.3. The Kier molecular flexibility index (Phi) is 2.39. The predicted octanol–water partition coefficient (Wildman–Crippen LogP) is 2.68. The van der Waals surface area contributed by atoms with Crippen molar-refractivity contribution >= 4 is 11.5 Å². The van der Waals surface area contributed by atoms with Gasteiger partial charge in [-0.05, 0) is 25.0 Å². The minimum atomic E-state index is 0.253. The van der Waals surface area contributed by atoms with Crippen LogP contribution in [-0.4, -0.2) is 25.5 Å². The van der Waals surface area contributed by atoms with Crippen LogP contribution in [0.2, 0.25) is 0 Å². The summed E-state index contributed by atoms with van der Waals surface area (Å²) in [4.78, 5) is 8.83. The summed E-state index contributed by atoms with van der Waals surface area (Å²) in [5.74, 6) is 1.07. The molecule has 0 saturated heterocycles. The second kappa shape index (κ2) is 4.23. The van der Waals surface area contributed by atoms with Crippen molar-refractivity contribution in [3.05, 3.63) is 42.9 Å². The summed E-state index contributed by atoms with van der Waals surface area (Å²) in [5, 5.41) is 13.0. The van der Waals surface area contributed by atoms with Crippen LogP contribution < -0.4 is 5.32 Å². The van der Waals surface area contributed by atoms with Gasteiger partial charge in [-0.15, -0.1) is 0 Å². The predicted molar refractivity (Wildman–Crippen MR) is 76.7 cm³/mol. The van der Waals surface area contributed by atoms with Crippen LogP contribution in [0.15, 0.2) is 42.9 Å². The lowest BCUT2D eigenvalue weighted by Gasteiger charge is -2.06. The highest BCUT2D eigenvalue weighted by Crippen LogP contribution is 2.28. The van der Waals surface area contributed by atoms with Crippen LogP contribution in [0.3, 0.4) is 0 Å². The minimum absolute atomic E-state index is 0.253. The Morgan fingerprint density at radius 2 is 2.15 bits per heavy atom. The summed E-state index contributed by atoms with van der Waals surface area (Å²) in [5.41, 5.74) is 2.69. The fraction of sp³-hybridized carbons (Fsp3) is 0.200. The smallest absolute Gasteiger partial charge is 0.180 e. The van der Waals surface area contributed by atoms with E-state index in [1.807, 2.05) is 28.9 Å². The van der Waals surface area contributed by atoms with Gasteiger partial charge in [-0.2, -0.15) is 0 Å². The van der Waals surface area contributed by atoms with E-state index in [-0.39, 0.29) is 5.75 Å². The first-order valence-electron chi connectivity index (χ1n) is 6.69. The molecular weight excluding hydrogens is 252 g/mol. The quantitative estimate of drug-likeness (QED) is 0.765. The van der Waals surface area contributed by atoms with Crippen LogP contribution in [0.4, 0.5) is 5.82 Å². The molecule has 1 saturated carbocycles. The van der Waals surface area contributed by atoms with Gasteiger partial charge in [0, 0.05) is 24.0 Å². The number of nitrogens with zero attached hydrogens (tertiary/aromatic N) is 3. The molecule has 4 rings (SSSR count). The molecule has 5 heteroatoms. The average molecular weight is 266 g/mol. The van der Waals surface area contributed by atoms with Crippen molar-refractivity contribution in [1.29, 1.82) is 0 Å². The Morgan fingerprint density at radius 3 is 2.95 bits per heavy atom. The summed E-state index contributed by atoms with van der Waals surface area (Å²) < 4.78 is 1.99. The molecular formula is C15H14N4O. The zero-order chi connectivity index (χ0) is 13.5. The van der Waals surface area contributed by atoms with E-state index in [9.17, 15) is 5.11 Å². The monoisotopic (exact) mass is 266 g/mol. The Morgan fingerprint density at radius 1 is 1.25 bits per heavy atom. The molecule has 1 fully saturated rings. The van der Waals surface area contributed by atoms with Gasteiger partial charge in [0.05, 0.1) is 11.9 Å². The number of hydrogen-bond donors (Lipinski definition) is 2. The third kappa shape index (κ3) is 1.87. The number of imidazole rings is 1. The molecule has 1 aromatic carbocycles. The van der Waals surface area contributed by atoms with Gasteiger partial charge >= 0.3 is 0 Å². The molecule has 2 N–H and O–H groups in total. The van der Waals surface area contributed by atoms with E-state index in [2.05, 4.69) is 15.3 Å². The number of nitrogens with one attached hydrogen (secondary N) is 1. The lowest BCUT2D eigenvalue weighted by molar-refractivity contribution is 0.475. The van der Waals surface area contributed by atoms with Gasteiger partial charge in [0.2, 0.25) is 0 Å². The molecule has 20 heavy (non-hydrogen) atoms. The van der Waals surface area contributed by atoms with Crippen molar-refractivity contribution in [2.24, 2.45) is 0 Å². The molecule has 100 valence electrons. The molecule has 1 aliphatic carbocycles. The molecule has 0 radical (unpaired) electrons. The van der Waals surface area contributed by atoms with Crippen molar-refractivity contribution in [1.82, 2.24) is 14.4 Å². The zero-order valence-electron chi connectivity index (χ0n) is 10.8. The molecule has 3 aromatic rings. The van der Waals surface area contributed by atoms with Crippen LogP contribution in [0, 0.1) is 0 Å². The fourth-order valence-corrected chi connectivity index (χ4v) is 2.32. The van der Waals surface area contributed by atoms with E-state index in [4.69, 9.17) is 0 Å². The molecule has 0 bridgehead atoms. The lowest BCUT2D eigenvalue weighted by atomic mass is 10.1. The maximum Gasteiger partial charge on any atom is 0.180 e. The second-order valence-electron chi connectivity index (χ2n) is 5.08. The topological polar surface area (TPSA) is 62.5 Å². The number of fused-ring (bicyclic) bond motifs is 1. The molecule has 2 heterocycles. The standard InChI is InChI=1S/C15H14N4O/c20-12-3-1-2-10(8-12)13-9-17-15-14(18-11-4-5-11)16-6-7-19(13)15/h1-3,6-9,11,20H,4-5H2,(H,16,18). The summed E-state index contributed by atoms with van der Waals surface area (Å²) in [6.45, 7) is 0. The van der Waals surface area contributed by atoms with Gasteiger partial charge in [-0.3, -0.25) is 4.40 Å². The van der Waals surface area contributed by atoms with Gasteiger partial charge in [0.25, 0.3) is 0 Å². The van der Waals surface area contributed by atoms with Crippen LogP contribution in [-0.2, 0) is 0 Å². The SMILES string of the molecule is Oc1cccc(-c2cnc3c(NC4CC4)nccn23)c1. The second-order valence-corrected chi connectivity index (χ2v) is 5.08. The maximum atomic E-state index is 9.61. The average Bonchev–Trinajstić information content (AvgIpc) is 3.15. The normalized spacial score (nSPS) is 14.6. The van der Waals surface area contributed by atoms with E-state index in [0.717, 1.165) is 22.7 Å². The van der Waals surface area contributed by atoms with Crippen molar-refractivity contribution < 1.29 is 5.11 Å². The molecule has 0 amide bonds. The Hall–Kier alpha value is -2.56. The van der Waals surface area contributed by atoms with Crippen molar-refractivity contribution in [3.8, 4) is 17.0 Å². The largest absolute Gasteiger partial charge is 0.508 e. The molecule has 5 nitrogen and oxygen atoms in total. The molecule has 0 unspecified atom stereocenters. The molecule has 1 aliphatic rings. The Bertz CT molecular complexity index is 776. The molecule has 0 atom stereocenters. The van der Waals surface area contributed by atoms with E-state index in [0.29, 0.717) is 6.04 Å². The highest BCUT2D eigenvalue weighted by Gasteiger charge is 2.23. The fourth-order valence-electron chi connectivity index (χ4n) is 2.32. The highest BCUT2D eigenvalue weighted by atomic mass is 16.3. The Labute approximate surface area is 115 Å². The maximum absolute atomic E-state index is 9.61. The van der Waals surface area contributed by atoms with Gasteiger partial charge in [-0.1, -0.05) is 12.1 Å². The van der Waals surface area contributed by atoms with Gasteiger partial charge in [0.1, 0.15) is 5.75 Å². The molecule has 0 spiro atoms. The summed E-state index contributed by atoms with van der Waals surface area (Å²) >= 11 is 0. The number of aromatic nitrogens is 3. The Balaban J connectivity index is 1.84.